The summed E-state index contributed by atoms with van der Waals surface area (Å²) in [6, 6.07) is 72.9. The molecule has 284 valence electrons. The van der Waals surface area contributed by atoms with Gasteiger partial charge < -0.3 is 0 Å². The van der Waals surface area contributed by atoms with Crippen LogP contribution in [0.4, 0.5) is 17.2 Å². The number of aromatic nitrogens is 1. The van der Waals surface area contributed by atoms with E-state index in [1.807, 2.05) is 18.3 Å². The van der Waals surface area contributed by atoms with Crippen LogP contribution in [0.3, 0.4) is 0 Å². The predicted molar refractivity (Wildman–Crippen MR) is 260 cm³/mol. The van der Waals surface area contributed by atoms with Gasteiger partial charge in [-0.15, -0.1) is 0 Å². The van der Waals surface area contributed by atoms with Gasteiger partial charge in [-0.05, 0) is 124 Å². The zero-order valence-corrected chi connectivity index (χ0v) is 34.7. The minimum atomic E-state index is -2.05. The fraction of sp³-hybridized carbons (Fsp3) is 0.0351. The molecule has 1 aromatic heterocycles. The largest absolute Gasteiger partial charge is 0.295 e. The average Bonchev–Trinajstić information content (AvgIpc) is 3.53. The minimum absolute atomic E-state index is 0.883. The number of hydrogen-bond donors (Lipinski definition) is 0. The second-order valence-electron chi connectivity index (χ2n) is 16.3. The fourth-order valence-corrected chi connectivity index (χ4v) is 12.7. The summed E-state index contributed by atoms with van der Waals surface area (Å²) in [6.45, 7) is 5.03. The van der Waals surface area contributed by atoms with E-state index in [1.54, 1.807) is 0 Å². The van der Waals surface area contributed by atoms with E-state index in [0.717, 1.165) is 22.8 Å². The molecule has 11 rings (SSSR count). The van der Waals surface area contributed by atoms with Gasteiger partial charge in [0.2, 0.25) is 0 Å². The summed E-state index contributed by atoms with van der Waals surface area (Å²) in [5.41, 5.74) is 12.4. The van der Waals surface area contributed by atoms with Gasteiger partial charge in [-0.2, -0.15) is 0 Å². The van der Waals surface area contributed by atoms with E-state index >= 15 is 0 Å². The Morgan fingerprint density at radius 2 is 0.933 bits per heavy atom. The van der Waals surface area contributed by atoms with Crippen LogP contribution in [0.25, 0.3) is 77.9 Å². The molecule has 1 aliphatic heterocycles. The maximum absolute atomic E-state index is 4.94. The summed E-state index contributed by atoms with van der Waals surface area (Å²) >= 11 is 0. The lowest BCUT2D eigenvalue weighted by Gasteiger charge is -2.24. The molecule has 10 aromatic rings. The van der Waals surface area contributed by atoms with Crippen molar-refractivity contribution >= 4 is 80.1 Å². The Kier molecular flexibility index (Phi) is 8.65. The van der Waals surface area contributed by atoms with E-state index < -0.39 is 8.07 Å². The van der Waals surface area contributed by atoms with Crippen LogP contribution >= 0.6 is 0 Å². The summed E-state index contributed by atoms with van der Waals surface area (Å²) < 4.78 is 0. The Morgan fingerprint density at radius 1 is 0.417 bits per heavy atom. The molecule has 0 saturated carbocycles. The molecule has 1 aliphatic rings. The highest BCUT2D eigenvalue weighted by atomic mass is 28.3. The molecule has 0 amide bonds. The van der Waals surface area contributed by atoms with Gasteiger partial charge in [0.25, 0.3) is 0 Å². The summed E-state index contributed by atoms with van der Waals surface area (Å²) in [5, 5.41) is 10.7. The first kappa shape index (κ1) is 35.8. The molecule has 9 aromatic carbocycles. The topological polar surface area (TPSA) is 16.1 Å². The monoisotopic (exact) mass is 782 g/mol. The first-order valence-electron chi connectivity index (χ1n) is 20.8. The van der Waals surface area contributed by atoms with Crippen LogP contribution in [-0.2, 0) is 0 Å². The highest BCUT2D eigenvalue weighted by Gasteiger charge is 2.38. The molecule has 2 heterocycles. The molecule has 2 nitrogen and oxygen atoms in total. The summed E-state index contributed by atoms with van der Waals surface area (Å²) in [7, 11) is -2.05. The molecule has 0 radical (unpaired) electrons. The summed E-state index contributed by atoms with van der Waals surface area (Å²) in [4.78, 5) is 7.13. The van der Waals surface area contributed by atoms with E-state index in [9.17, 15) is 0 Å². The lowest BCUT2D eigenvalue weighted by atomic mass is 9.84. The second-order valence-corrected chi connectivity index (χ2v) is 20.7. The minimum Gasteiger partial charge on any atom is -0.295 e. The Bertz CT molecular complexity index is 3180. The van der Waals surface area contributed by atoms with Crippen LogP contribution in [0.5, 0.6) is 0 Å². The van der Waals surface area contributed by atoms with Crippen molar-refractivity contribution in [2.75, 3.05) is 4.90 Å². The number of benzene rings is 9. The second kappa shape index (κ2) is 14.5. The number of hydrogen-bond acceptors (Lipinski definition) is 2. The van der Waals surface area contributed by atoms with Crippen molar-refractivity contribution in [1.29, 1.82) is 0 Å². The Morgan fingerprint density at radius 3 is 1.57 bits per heavy atom. The van der Waals surface area contributed by atoms with E-state index in [0.29, 0.717) is 0 Å². The third-order valence-corrected chi connectivity index (χ3v) is 16.0. The van der Waals surface area contributed by atoms with Crippen molar-refractivity contribution in [2.45, 2.75) is 13.1 Å². The van der Waals surface area contributed by atoms with Gasteiger partial charge in [-0.25, -0.2) is 4.98 Å². The molecular weight excluding hydrogens is 741 g/mol. The fourth-order valence-electron chi connectivity index (χ4n) is 9.58. The highest BCUT2D eigenvalue weighted by Crippen LogP contribution is 2.46. The Hall–Kier alpha value is -7.33. The lowest BCUT2D eigenvalue weighted by Crippen LogP contribution is -2.49. The zero-order valence-electron chi connectivity index (χ0n) is 33.7. The third kappa shape index (κ3) is 5.97. The van der Waals surface area contributed by atoms with Gasteiger partial charge in [0.15, 0.2) is 0 Å². The van der Waals surface area contributed by atoms with Crippen molar-refractivity contribution in [3.8, 4) is 33.4 Å². The Labute approximate surface area is 352 Å². The molecule has 0 N–H and O–H groups in total. The third-order valence-electron chi connectivity index (χ3n) is 12.5. The van der Waals surface area contributed by atoms with Crippen molar-refractivity contribution in [3.63, 3.8) is 0 Å². The quantitative estimate of drug-likeness (QED) is 0.118. The molecule has 0 aliphatic carbocycles. The van der Waals surface area contributed by atoms with Crippen LogP contribution in [-0.4, -0.2) is 13.1 Å². The van der Waals surface area contributed by atoms with Crippen LogP contribution in [0.15, 0.2) is 206 Å². The maximum Gasteiger partial charge on any atom is 0.137 e. The zero-order chi connectivity index (χ0) is 40.2. The van der Waals surface area contributed by atoms with Crippen molar-refractivity contribution < 1.29 is 0 Å². The van der Waals surface area contributed by atoms with Crippen molar-refractivity contribution in [3.05, 3.63) is 218 Å². The average molecular weight is 783 g/mol. The van der Waals surface area contributed by atoms with E-state index in [4.69, 9.17) is 4.98 Å². The standard InChI is InChI=1S/C57H42N2Si/c1-60(2)53-36-39(28-29-40-31-35-55(58-38-40)59(43-18-5-3-6-19-43)44-20-7-4-8-21-44)30-33-46(53)47-34-32-42(37-54(47)60)56-49-23-11-13-25-51(49)57(52-26-14-12-24-50(52)56)48-27-15-17-41-16-9-10-22-45(41)48/h3-38H,1-2H3. The SMILES string of the molecule is C[Si]1(C)c2cc(C=Cc3ccc(N(c4ccccc4)c4ccccc4)nc3)ccc2-c2ccc(-c3c4ccccc4c(-c4cccc5ccccc45)c4ccccc34)cc21. The molecule has 0 spiro atoms. The molecule has 0 fully saturated rings. The highest BCUT2D eigenvalue weighted by molar-refractivity contribution is 7.03. The first-order chi connectivity index (χ1) is 29.5. The van der Waals surface area contributed by atoms with Gasteiger partial charge >= 0.3 is 0 Å². The summed E-state index contributed by atoms with van der Waals surface area (Å²) in [5.74, 6) is 0.883. The van der Waals surface area contributed by atoms with Crippen LogP contribution in [0.1, 0.15) is 11.1 Å². The van der Waals surface area contributed by atoms with E-state index in [1.165, 1.54) is 81.6 Å². The van der Waals surface area contributed by atoms with Gasteiger partial charge in [0, 0.05) is 17.6 Å². The maximum atomic E-state index is 4.94. The molecule has 60 heavy (non-hydrogen) atoms. The predicted octanol–water partition coefficient (Wildman–Crippen LogP) is 14.3. The van der Waals surface area contributed by atoms with Crippen LogP contribution < -0.4 is 15.3 Å². The number of nitrogens with zero attached hydrogens (tertiary/aromatic N) is 2. The van der Waals surface area contributed by atoms with Crippen molar-refractivity contribution in [2.24, 2.45) is 0 Å². The van der Waals surface area contributed by atoms with Gasteiger partial charge in [-0.1, -0.05) is 189 Å². The molecular formula is C57H42N2Si. The van der Waals surface area contributed by atoms with Gasteiger partial charge in [0.1, 0.15) is 13.9 Å². The number of anilines is 3. The normalized spacial score (nSPS) is 12.9. The van der Waals surface area contributed by atoms with E-state index in [-0.39, 0.29) is 0 Å². The lowest BCUT2D eigenvalue weighted by molar-refractivity contribution is 1.18. The first-order valence-corrected chi connectivity index (χ1v) is 23.8. The summed E-state index contributed by atoms with van der Waals surface area (Å²) in [6.07, 6.45) is 6.38. The van der Waals surface area contributed by atoms with Gasteiger partial charge in [0.05, 0.1) is 0 Å². The van der Waals surface area contributed by atoms with Crippen LogP contribution in [0, 0.1) is 0 Å². The number of fused-ring (bicyclic) bond motifs is 6. The smallest absolute Gasteiger partial charge is 0.137 e. The molecule has 0 bridgehead atoms. The Balaban J connectivity index is 0.944. The van der Waals surface area contributed by atoms with Crippen LogP contribution in [0.2, 0.25) is 13.1 Å². The number of rotatable bonds is 7. The molecule has 0 atom stereocenters. The van der Waals surface area contributed by atoms with Crippen molar-refractivity contribution in [1.82, 2.24) is 4.98 Å². The number of pyridine rings is 1. The molecule has 0 saturated heterocycles. The van der Waals surface area contributed by atoms with Gasteiger partial charge in [-0.3, -0.25) is 4.90 Å². The molecule has 0 unspecified atom stereocenters. The molecule has 3 heteroatoms. The number of para-hydroxylation sites is 2. The van der Waals surface area contributed by atoms with E-state index in [2.05, 4.69) is 218 Å².